The van der Waals surface area contributed by atoms with Gasteiger partial charge in [0.1, 0.15) is 11.5 Å². The van der Waals surface area contributed by atoms with Crippen LogP contribution in [0.25, 0.3) is 0 Å². The Morgan fingerprint density at radius 3 is 2.57 bits per heavy atom. The summed E-state index contributed by atoms with van der Waals surface area (Å²) in [6, 6.07) is 14.3. The molecule has 6 atom stereocenters. The molecule has 0 spiro atoms. The van der Waals surface area contributed by atoms with Gasteiger partial charge < -0.3 is 14.9 Å². The van der Waals surface area contributed by atoms with Crippen LogP contribution in [-0.2, 0) is 6.42 Å². The van der Waals surface area contributed by atoms with Crippen molar-refractivity contribution in [1.29, 1.82) is 0 Å². The van der Waals surface area contributed by atoms with Gasteiger partial charge in [-0.05, 0) is 103 Å². The van der Waals surface area contributed by atoms with Crippen LogP contribution in [-0.4, -0.2) is 28.7 Å². The number of benzene rings is 2. The van der Waals surface area contributed by atoms with Crippen molar-refractivity contribution in [2.75, 3.05) is 7.11 Å². The van der Waals surface area contributed by atoms with E-state index in [9.17, 15) is 10.2 Å². The molecule has 3 nitrogen and oxygen atoms in total. The smallest absolute Gasteiger partial charge is 0.119 e. The van der Waals surface area contributed by atoms with Crippen molar-refractivity contribution in [3.63, 3.8) is 0 Å². The van der Waals surface area contributed by atoms with Crippen molar-refractivity contribution in [2.24, 2.45) is 17.3 Å². The number of aliphatic hydroxyl groups excluding tert-OH is 1. The second kappa shape index (κ2) is 8.97. The van der Waals surface area contributed by atoms with Crippen molar-refractivity contribution < 1.29 is 59.0 Å². The molecule has 5 heteroatoms. The van der Waals surface area contributed by atoms with Gasteiger partial charge in [0.15, 0.2) is 0 Å². The Balaban J connectivity index is 0.00000218. The molecule has 3 aliphatic carbocycles. The average Bonchev–Trinajstić information content (AvgIpc) is 3.03. The number of aromatic hydroxyl groups is 1. The van der Waals surface area contributed by atoms with E-state index in [1.54, 1.807) is 19.2 Å². The number of phenolic OH excluding ortho intramolecular Hbond substituents is 1. The van der Waals surface area contributed by atoms with Gasteiger partial charge in [0.25, 0.3) is 0 Å². The van der Waals surface area contributed by atoms with E-state index in [2.05, 4.69) is 25.1 Å². The van der Waals surface area contributed by atoms with Crippen LogP contribution in [0.3, 0.4) is 0 Å². The van der Waals surface area contributed by atoms with Gasteiger partial charge in [-0.1, -0.05) is 13.0 Å². The molecule has 0 aliphatic heterocycles. The van der Waals surface area contributed by atoms with Crippen LogP contribution < -0.4 is 4.74 Å². The zero-order valence-electron chi connectivity index (χ0n) is 17.8. The maximum atomic E-state index is 10.8. The topological polar surface area (TPSA) is 49.7 Å². The maximum Gasteiger partial charge on any atom is 0.119 e. The van der Waals surface area contributed by atoms with E-state index in [0.717, 1.165) is 37.9 Å². The number of fused-ring (bicyclic) bond motifs is 5. The molecular formula is C25H30AcO3S. The number of thioether (sulfide) groups is 1. The molecule has 0 bridgehead atoms. The van der Waals surface area contributed by atoms with Crippen LogP contribution in [0.15, 0.2) is 47.4 Å². The van der Waals surface area contributed by atoms with E-state index < -0.39 is 0 Å². The third-order valence-electron chi connectivity index (χ3n) is 8.01. The standard InChI is InChI=1S/C25H30O3S.Ac/c1-25-12-11-20-19-8-5-17(28-2)13-15(19)14-22(24(20)21(25)9-10-23(25)27)29-18-6-3-16(26)4-7-18;/h3-8,13,20-24,26-27H,9-12,14H2,1-2H3;/t20?,21?,22?,23?,24?,25-;/m0./s1. The number of hydrogen-bond donors (Lipinski definition) is 2. The van der Waals surface area contributed by atoms with Crippen LogP contribution in [0, 0.1) is 61.3 Å². The Kier molecular flexibility index (Phi) is 6.87. The van der Waals surface area contributed by atoms with E-state index in [1.807, 2.05) is 23.9 Å². The number of phenols is 1. The predicted octanol–water partition coefficient (Wildman–Crippen LogP) is 5.39. The van der Waals surface area contributed by atoms with E-state index in [-0.39, 0.29) is 55.6 Å². The van der Waals surface area contributed by atoms with Crippen LogP contribution in [0.5, 0.6) is 11.5 Å². The van der Waals surface area contributed by atoms with Gasteiger partial charge in [0.05, 0.1) is 13.2 Å². The zero-order valence-corrected chi connectivity index (χ0v) is 23.3. The van der Waals surface area contributed by atoms with Gasteiger partial charge in [-0.2, -0.15) is 0 Å². The summed E-state index contributed by atoms with van der Waals surface area (Å²) < 4.78 is 5.51. The largest absolute Gasteiger partial charge is 0.508 e. The van der Waals surface area contributed by atoms with E-state index >= 15 is 0 Å². The molecule has 157 valence electrons. The second-order valence-corrected chi connectivity index (χ2v) is 10.7. The number of rotatable bonds is 3. The van der Waals surface area contributed by atoms with Gasteiger partial charge in [-0.15, -0.1) is 11.8 Å². The van der Waals surface area contributed by atoms with E-state index in [4.69, 9.17) is 4.74 Å². The molecule has 30 heavy (non-hydrogen) atoms. The zero-order chi connectivity index (χ0) is 20.2. The Labute approximate surface area is 219 Å². The molecule has 2 aromatic rings. The van der Waals surface area contributed by atoms with Crippen molar-refractivity contribution in [3.8, 4) is 11.5 Å². The molecule has 1 radical (unpaired) electrons. The fourth-order valence-corrected chi connectivity index (χ4v) is 7.91. The first-order valence-electron chi connectivity index (χ1n) is 10.8. The van der Waals surface area contributed by atoms with E-state index in [0.29, 0.717) is 28.8 Å². The van der Waals surface area contributed by atoms with Gasteiger partial charge in [0.2, 0.25) is 0 Å². The van der Waals surface area contributed by atoms with Gasteiger partial charge in [-0.3, -0.25) is 0 Å². The van der Waals surface area contributed by atoms with Crippen LogP contribution in [0.2, 0.25) is 0 Å². The van der Waals surface area contributed by atoms with Crippen molar-refractivity contribution in [1.82, 2.24) is 0 Å². The molecule has 0 heterocycles. The summed E-state index contributed by atoms with van der Waals surface area (Å²) in [6.45, 7) is 2.33. The molecule has 2 saturated carbocycles. The summed E-state index contributed by atoms with van der Waals surface area (Å²) in [5.41, 5.74) is 2.98. The summed E-state index contributed by atoms with van der Waals surface area (Å²) in [5.74, 6) is 2.96. The normalized spacial score (nSPS) is 34.3. The van der Waals surface area contributed by atoms with Gasteiger partial charge in [-0.25, -0.2) is 0 Å². The summed E-state index contributed by atoms with van der Waals surface area (Å²) in [7, 11) is 1.74. The van der Waals surface area contributed by atoms with Crippen molar-refractivity contribution in [2.45, 2.75) is 61.2 Å². The SMILES string of the molecule is COc1ccc2c(c1)CC(Sc1ccc(O)cc1)C1C2CC[C@]2(C)C(O)CCC12.[Ac]. The molecule has 0 saturated heterocycles. The summed E-state index contributed by atoms with van der Waals surface area (Å²) >= 11 is 1.95. The first-order valence-corrected chi connectivity index (χ1v) is 11.7. The first-order chi connectivity index (χ1) is 14.0. The molecule has 2 N–H and O–H groups in total. The Bertz CT molecular complexity index is 902. The third kappa shape index (κ3) is 3.87. The first kappa shape index (κ1) is 23.0. The van der Waals surface area contributed by atoms with Gasteiger partial charge in [0, 0.05) is 54.2 Å². The molecule has 2 fully saturated rings. The second-order valence-electron chi connectivity index (χ2n) is 9.35. The van der Waals surface area contributed by atoms with Crippen LogP contribution in [0.4, 0.5) is 0 Å². The number of hydrogen-bond acceptors (Lipinski definition) is 4. The molecule has 0 aromatic heterocycles. The quantitative estimate of drug-likeness (QED) is 0.475. The molecular weight excluding hydrogens is 607 g/mol. The molecule has 0 amide bonds. The van der Waals surface area contributed by atoms with E-state index in [1.165, 1.54) is 16.0 Å². The molecule has 5 rings (SSSR count). The number of aliphatic hydroxyl groups is 1. The summed E-state index contributed by atoms with van der Waals surface area (Å²) in [5, 5.41) is 20.9. The molecule has 5 unspecified atom stereocenters. The van der Waals surface area contributed by atoms with Crippen molar-refractivity contribution >= 4 is 11.8 Å². The minimum atomic E-state index is -0.162. The summed E-state index contributed by atoms with van der Waals surface area (Å²) in [4.78, 5) is 1.21. The average molecular weight is 638 g/mol. The fraction of sp³-hybridized carbons (Fsp3) is 0.520. The fourth-order valence-electron chi connectivity index (χ4n) is 6.47. The predicted molar refractivity (Wildman–Crippen MR) is 117 cm³/mol. The van der Waals surface area contributed by atoms with Gasteiger partial charge >= 0.3 is 0 Å². The summed E-state index contributed by atoms with van der Waals surface area (Å²) in [6.07, 6.45) is 5.21. The monoisotopic (exact) mass is 637 g/mol. The Hall–Kier alpha value is -0.208. The Morgan fingerprint density at radius 2 is 1.83 bits per heavy atom. The Morgan fingerprint density at radius 1 is 1.07 bits per heavy atom. The number of methoxy groups -OCH3 is 1. The maximum absolute atomic E-state index is 10.8. The van der Waals surface area contributed by atoms with Crippen LogP contribution in [0.1, 0.15) is 49.7 Å². The van der Waals surface area contributed by atoms with Crippen molar-refractivity contribution in [3.05, 3.63) is 53.6 Å². The van der Waals surface area contributed by atoms with Crippen LogP contribution >= 0.6 is 11.8 Å². The minimum Gasteiger partial charge on any atom is -0.508 e. The molecule has 3 aliphatic rings. The minimum absolute atomic E-state index is 0. The third-order valence-corrected chi connectivity index (χ3v) is 9.33. The number of ether oxygens (including phenoxy) is 1. The molecule has 2 aromatic carbocycles.